The Balaban J connectivity index is 1.45. The van der Waals surface area contributed by atoms with Crippen LogP contribution < -0.4 is 0 Å². The van der Waals surface area contributed by atoms with Crippen LogP contribution in [0.25, 0.3) is 5.57 Å². The van der Waals surface area contributed by atoms with Gasteiger partial charge in [0.25, 0.3) is 0 Å². The van der Waals surface area contributed by atoms with E-state index in [9.17, 15) is 8.78 Å². The van der Waals surface area contributed by atoms with Gasteiger partial charge in [-0.05, 0) is 90.8 Å². The standard InChI is InChI=1S/C26H30F2/c1-2-3-4-18-5-7-19(8-6-18)21-12-14-25(26(28)17-21)22-10-9-20-11-13-24(27)16-23(20)15-22/h10-14,16-19H,2-9,15H2,1H3. The Kier molecular flexibility index (Phi) is 5.94. The summed E-state index contributed by atoms with van der Waals surface area (Å²) in [4.78, 5) is 0. The molecule has 28 heavy (non-hydrogen) atoms. The SMILES string of the molecule is CCCCC1CCC(c2ccc(C3=CCc4ccc(F)cc4C3)c(F)c2)CC1. The van der Waals surface area contributed by atoms with Crippen molar-refractivity contribution in [1.82, 2.24) is 0 Å². The lowest BCUT2D eigenvalue weighted by Crippen LogP contribution is -2.13. The molecule has 4 rings (SSSR count). The van der Waals surface area contributed by atoms with Gasteiger partial charge in [0.15, 0.2) is 0 Å². The first kappa shape index (κ1) is 19.4. The number of allylic oxidation sites excluding steroid dienone is 2. The highest BCUT2D eigenvalue weighted by Gasteiger charge is 2.23. The summed E-state index contributed by atoms with van der Waals surface area (Å²) >= 11 is 0. The monoisotopic (exact) mass is 380 g/mol. The van der Waals surface area contributed by atoms with E-state index in [0.717, 1.165) is 34.6 Å². The maximum Gasteiger partial charge on any atom is 0.130 e. The van der Waals surface area contributed by atoms with Crippen LogP contribution in [-0.2, 0) is 12.8 Å². The van der Waals surface area contributed by atoms with E-state index in [1.165, 1.54) is 51.0 Å². The first-order chi connectivity index (χ1) is 13.6. The van der Waals surface area contributed by atoms with Gasteiger partial charge in [-0.2, -0.15) is 0 Å². The zero-order valence-corrected chi connectivity index (χ0v) is 16.8. The predicted octanol–water partition coefficient (Wildman–Crippen LogP) is 7.61. The summed E-state index contributed by atoms with van der Waals surface area (Å²) in [5, 5.41) is 0. The van der Waals surface area contributed by atoms with Crippen molar-refractivity contribution in [2.75, 3.05) is 0 Å². The van der Waals surface area contributed by atoms with Gasteiger partial charge in [-0.15, -0.1) is 0 Å². The summed E-state index contributed by atoms with van der Waals surface area (Å²) in [6, 6.07) is 10.8. The predicted molar refractivity (Wildman–Crippen MR) is 112 cm³/mol. The minimum absolute atomic E-state index is 0.128. The smallest absolute Gasteiger partial charge is 0.130 e. The van der Waals surface area contributed by atoms with Crippen molar-refractivity contribution >= 4 is 5.57 Å². The number of hydrogen-bond donors (Lipinski definition) is 0. The van der Waals surface area contributed by atoms with Gasteiger partial charge in [0.05, 0.1) is 0 Å². The molecule has 1 fully saturated rings. The Morgan fingerprint density at radius 2 is 1.75 bits per heavy atom. The highest BCUT2D eigenvalue weighted by molar-refractivity contribution is 5.71. The molecule has 0 nitrogen and oxygen atoms in total. The van der Waals surface area contributed by atoms with Crippen molar-refractivity contribution in [2.45, 2.75) is 70.6 Å². The molecular formula is C26H30F2. The molecule has 2 aromatic carbocycles. The molecule has 1 saturated carbocycles. The number of benzene rings is 2. The van der Waals surface area contributed by atoms with E-state index in [2.05, 4.69) is 19.1 Å². The molecule has 0 saturated heterocycles. The Hall–Kier alpha value is -1.96. The first-order valence-electron chi connectivity index (χ1n) is 10.9. The van der Waals surface area contributed by atoms with Gasteiger partial charge in [-0.1, -0.05) is 50.5 Å². The van der Waals surface area contributed by atoms with Gasteiger partial charge in [0.2, 0.25) is 0 Å². The number of unbranched alkanes of at least 4 members (excludes halogenated alkanes) is 1. The van der Waals surface area contributed by atoms with Gasteiger partial charge in [0, 0.05) is 5.56 Å². The van der Waals surface area contributed by atoms with Crippen molar-refractivity contribution in [3.05, 3.63) is 76.4 Å². The van der Waals surface area contributed by atoms with E-state index >= 15 is 0 Å². The van der Waals surface area contributed by atoms with Crippen LogP contribution in [-0.4, -0.2) is 0 Å². The van der Waals surface area contributed by atoms with Crippen molar-refractivity contribution in [2.24, 2.45) is 5.92 Å². The molecule has 0 aromatic heterocycles. The summed E-state index contributed by atoms with van der Waals surface area (Å²) in [7, 11) is 0. The summed E-state index contributed by atoms with van der Waals surface area (Å²) in [6.07, 6.45) is 12.3. The fourth-order valence-corrected chi connectivity index (χ4v) is 5.00. The van der Waals surface area contributed by atoms with Gasteiger partial charge >= 0.3 is 0 Å². The van der Waals surface area contributed by atoms with Crippen LogP contribution in [0.3, 0.4) is 0 Å². The molecule has 0 aliphatic heterocycles. The van der Waals surface area contributed by atoms with E-state index < -0.39 is 0 Å². The molecule has 0 unspecified atom stereocenters. The highest BCUT2D eigenvalue weighted by atomic mass is 19.1. The Labute approximate surface area is 167 Å². The van der Waals surface area contributed by atoms with Crippen LogP contribution in [0, 0.1) is 17.6 Å². The maximum atomic E-state index is 15.0. The van der Waals surface area contributed by atoms with Gasteiger partial charge < -0.3 is 0 Å². The Morgan fingerprint density at radius 1 is 0.929 bits per heavy atom. The Bertz CT molecular complexity index is 857. The second kappa shape index (κ2) is 8.59. The molecule has 2 heteroatoms. The quantitative estimate of drug-likeness (QED) is 0.501. The fraction of sp³-hybridized carbons (Fsp3) is 0.462. The molecule has 0 N–H and O–H groups in total. The average Bonchev–Trinajstić information content (AvgIpc) is 2.72. The van der Waals surface area contributed by atoms with E-state index in [1.54, 1.807) is 12.1 Å². The summed E-state index contributed by atoms with van der Waals surface area (Å²) in [6.45, 7) is 2.26. The third-order valence-corrected chi connectivity index (χ3v) is 6.74. The highest BCUT2D eigenvalue weighted by Crippen LogP contribution is 2.39. The van der Waals surface area contributed by atoms with Crippen molar-refractivity contribution in [3.63, 3.8) is 0 Å². The molecule has 0 amide bonds. The summed E-state index contributed by atoms with van der Waals surface area (Å²) in [5.41, 5.74) is 4.92. The molecule has 2 aliphatic rings. The third-order valence-electron chi connectivity index (χ3n) is 6.74. The molecule has 148 valence electrons. The molecule has 0 atom stereocenters. The average molecular weight is 381 g/mol. The second-order valence-corrected chi connectivity index (χ2v) is 8.62. The third kappa shape index (κ3) is 4.21. The summed E-state index contributed by atoms with van der Waals surface area (Å²) < 4.78 is 28.5. The molecule has 2 aromatic rings. The molecular weight excluding hydrogens is 350 g/mol. The minimum atomic E-state index is -0.217. The number of rotatable bonds is 5. The first-order valence-corrected chi connectivity index (χ1v) is 10.9. The van der Waals surface area contributed by atoms with Gasteiger partial charge in [-0.25, -0.2) is 8.78 Å². The van der Waals surface area contributed by atoms with E-state index in [-0.39, 0.29) is 11.6 Å². The van der Waals surface area contributed by atoms with Gasteiger partial charge in [-0.3, -0.25) is 0 Å². The second-order valence-electron chi connectivity index (χ2n) is 8.62. The van der Waals surface area contributed by atoms with E-state index in [1.807, 2.05) is 12.1 Å². The zero-order chi connectivity index (χ0) is 19.5. The lowest BCUT2D eigenvalue weighted by atomic mass is 9.76. The van der Waals surface area contributed by atoms with E-state index in [0.29, 0.717) is 17.9 Å². The topological polar surface area (TPSA) is 0 Å². The largest absolute Gasteiger partial charge is 0.207 e. The van der Waals surface area contributed by atoms with Crippen molar-refractivity contribution < 1.29 is 8.78 Å². The maximum absolute atomic E-state index is 15.0. The molecule has 0 spiro atoms. The van der Waals surface area contributed by atoms with Crippen LogP contribution in [0.2, 0.25) is 0 Å². The zero-order valence-electron chi connectivity index (χ0n) is 16.8. The van der Waals surface area contributed by atoms with Crippen LogP contribution in [0.4, 0.5) is 8.78 Å². The molecule has 0 radical (unpaired) electrons. The number of fused-ring (bicyclic) bond motifs is 1. The van der Waals surface area contributed by atoms with Crippen LogP contribution in [0.5, 0.6) is 0 Å². The van der Waals surface area contributed by atoms with Crippen LogP contribution in [0.15, 0.2) is 42.5 Å². The number of halogens is 2. The minimum Gasteiger partial charge on any atom is -0.207 e. The molecule has 2 aliphatic carbocycles. The lowest BCUT2D eigenvalue weighted by Gasteiger charge is -2.29. The molecule has 0 bridgehead atoms. The van der Waals surface area contributed by atoms with Crippen molar-refractivity contribution in [1.29, 1.82) is 0 Å². The normalized spacial score (nSPS) is 21.9. The van der Waals surface area contributed by atoms with Crippen LogP contribution >= 0.6 is 0 Å². The lowest BCUT2D eigenvalue weighted by molar-refractivity contribution is 0.304. The number of hydrogen-bond acceptors (Lipinski definition) is 0. The summed E-state index contributed by atoms with van der Waals surface area (Å²) in [5.74, 6) is 1.02. The van der Waals surface area contributed by atoms with Crippen LogP contribution in [0.1, 0.15) is 80.0 Å². The van der Waals surface area contributed by atoms with E-state index in [4.69, 9.17) is 0 Å². The van der Waals surface area contributed by atoms with Gasteiger partial charge in [0.1, 0.15) is 11.6 Å². The van der Waals surface area contributed by atoms with Crippen molar-refractivity contribution in [3.8, 4) is 0 Å². The molecule has 0 heterocycles. The fourth-order valence-electron chi connectivity index (χ4n) is 5.00. The Morgan fingerprint density at radius 3 is 2.50 bits per heavy atom.